The second-order valence-corrected chi connectivity index (χ2v) is 5.57. The number of aromatic hydroxyl groups is 1. The van der Waals surface area contributed by atoms with Gasteiger partial charge in [-0.2, -0.15) is 0 Å². The van der Waals surface area contributed by atoms with Gasteiger partial charge in [-0.15, -0.1) is 0 Å². The number of aliphatic hydroxyl groups is 1. The molecular weight excluding hydrogens is 179 g/mol. The highest BCUT2D eigenvalue weighted by molar-refractivity contribution is 6.48. The molecule has 70 valence electrons. The van der Waals surface area contributed by atoms with E-state index in [4.69, 9.17) is 3.79 Å². The van der Waals surface area contributed by atoms with E-state index in [2.05, 4.69) is 16.3 Å². The Labute approximate surface area is 84.2 Å². The Kier molecular flexibility index (Phi) is 4.92. The molecule has 0 bridgehead atoms. The van der Waals surface area contributed by atoms with Gasteiger partial charge in [0.2, 0.25) is 0 Å². The van der Waals surface area contributed by atoms with Crippen LogP contribution in [-0.4, -0.2) is 32.4 Å². The summed E-state index contributed by atoms with van der Waals surface area (Å²) in [7, 11) is 0. The molecule has 1 N–H and O–H groups in total. The second kappa shape index (κ2) is 6.04. The van der Waals surface area contributed by atoms with Gasteiger partial charge >= 0.3 is 14.5 Å². The molecular formula is C10H16AlO2+. The van der Waals surface area contributed by atoms with Crippen molar-refractivity contribution in [2.24, 2.45) is 0 Å². The summed E-state index contributed by atoms with van der Waals surface area (Å²) in [5.41, 5.74) is 0. The smallest absolute Gasteiger partial charge is 0.454 e. The van der Waals surface area contributed by atoms with Gasteiger partial charge in [0, 0.05) is 12.1 Å². The van der Waals surface area contributed by atoms with E-state index in [1.54, 1.807) is 0 Å². The van der Waals surface area contributed by atoms with Crippen LogP contribution in [0.5, 0.6) is 5.75 Å². The molecule has 13 heavy (non-hydrogen) atoms. The van der Waals surface area contributed by atoms with Crippen LogP contribution in [0.25, 0.3) is 0 Å². The molecule has 1 rings (SSSR count). The third-order valence-corrected chi connectivity index (χ3v) is 2.50. The highest BCUT2D eigenvalue weighted by atomic mass is 27.2. The lowest BCUT2D eigenvalue weighted by Crippen LogP contribution is -2.13. The molecule has 0 radical (unpaired) electrons. The summed E-state index contributed by atoms with van der Waals surface area (Å²) in [4.78, 5) is 0. The van der Waals surface area contributed by atoms with E-state index in [0.717, 1.165) is 19.0 Å². The van der Waals surface area contributed by atoms with Crippen molar-refractivity contribution < 1.29 is 8.53 Å². The monoisotopic (exact) mass is 195 g/mol. The average molecular weight is 195 g/mol. The first-order chi connectivity index (χ1) is 6.29. The summed E-state index contributed by atoms with van der Waals surface area (Å²) in [5, 5.41) is 0. The Hall–Kier alpha value is -0.488. The fourth-order valence-electron chi connectivity index (χ4n) is 0.997. The van der Waals surface area contributed by atoms with Gasteiger partial charge in [0.1, 0.15) is 0 Å². The standard InChI is InChI=1S/C8H9O2.2CH3.Al/c9-6-7-10-8-4-2-1-3-5-8;;;/h1-5H,6-7H2;2*1H3;/q-1;;;+1/p+1. The largest absolute Gasteiger partial charge is 0.581 e. The summed E-state index contributed by atoms with van der Waals surface area (Å²) >= 11 is -0.856. The van der Waals surface area contributed by atoms with Crippen molar-refractivity contribution in [3.8, 4) is 5.75 Å². The van der Waals surface area contributed by atoms with Gasteiger partial charge in [0.05, 0.1) is 6.61 Å². The summed E-state index contributed by atoms with van der Waals surface area (Å²) < 4.78 is 9.88. The molecule has 0 amide bonds. The van der Waals surface area contributed by atoms with E-state index in [0.29, 0.717) is 0 Å². The summed E-state index contributed by atoms with van der Waals surface area (Å²) in [6.45, 7) is 1.54. The highest BCUT2D eigenvalue weighted by Gasteiger charge is 2.03. The van der Waals surface area contributed by atoms with Crippen LogP contribution in [0.3, 0.4) is 0 Å². The Bertz CT molecular complexity index is 224. The molecule has 0 aromatic heterocycles. The molecule has 3 heteroatoms. The number of rotatable bonds is 5. The zero-order chi connectivity index (χ0) is 9.52. The topological polar surface area (TPSA) is 22.0 Å². The molecule has 0 spiro atoms. The lowest BCUT2D eigenvalue weighted by atomic mass is 10.3. The fraction of sp³-hybridized carbons (Fsp3) is 0.400. The molecule has 0 saturated heterocycles. The Balaban J connectivity index is 2.13. The van der Waals surface area contributed by atoms with Gasteiger partial charge in [-0.25, -0.2) is 0 Å². The van der Waals surface area contributed by atoms with E-state index in [1.165, 1.54) is 0 Å². The van der Waals surface area contributed by atoms with Crippen molar-refractivity contribution >= 4 is 14.5 Å². The van der Waals surface area contributed by atoms with Gasteiger partial charge in [0.25, 0.3) is 5.75 Å². The number of hydrogen-bond donors (Lipinski definition) is 0. The van der Waals surface area contributed by atoms with Gasteiger partial charge in [-0.05, 0) is 0 Å². The van der Waals surface area contributed by atoms with Gasteiger partial charge in [0.15, 0.2) is 6.61 Å². The molecule has 0 aliphatic heterocycles. The molecule has 2 nitrogen and oxygen atoms in total. The van der Waals surface area contributed by atoms with Crippen LogP contribution in [0, 0.1) is 0 Å². The highest BCUT2D eigenvalue weighted by Crippen LogP contribution is 2.08. The fourth-order valence-corrected chi connectivity index (χ4v) is 1.57. The molecule has 1 aromatic carbocycles. The minimum Gasteiger partial charge on any atom is -0.581 e. The molecule has 0 aliphatic carbocycles. The Morgan fingerprint density at radius 2 is 1.92 bits per heavy atom. The first-order valence-corrected chi connectivity index (χ1v) is 7.41. The zero-order valence-electron chi connectivity index (χ0n) is 8.23. The second-order valence-electron chi connectivity index (χ2n) is 3.14. The predicted molar refractivity (Wildman–Crippen MR) is 56.4 cm³/mol. The maximum atomic E-state index is 5.51. The normalized spacial score (nSPS) is 9.69. The molecule has 0 heterocycles. The van der Waals surface area contributed by atoms with Crippen molar-refractivity contribution in [3.63, 3.8) is 0 Å². The first-order valence-electron chi connectivity index (χ1n) is 4.63. The predicted octanol–water partition coefficient (Wildman–Crippen LogP) is 2.20. The number of hydrogen-bond acceptors (Lipinski definition) is 1. The molecule has 0 unspecified atom stereocenters. The average Bonchev–Trinajstić information content (AvgIpc) is 2.14. The van der Waals surface area contributed by atoms with E-state index in [9.17, 15) is 0 Å². The van der Waals surface area contributed by atoms with Crippen LogP contribution >= 0.6 is 0 Å². The van der Waals surface area contributed by atoms with Crippen LogP contribution in [0.4, 0.5) is 0 Å². The van der Waals surface area contributed by atoms with Gasteiger partial charge < -0.3 is 8.53 Å². The van der Waals surface area contributed by atoms with E-state index in [1.807, 2.05) is 30.3 Å². The van der Waals surface area contributed by atoms with Gasteiger partial charge in [-0.3, -0.25) is 0 Å². The maximum Gasteiger partial charge on any atom is 0.454 e. The minimum absolute atomic E-state index is 0.763. The quantitative estimate of drug-likeness (QED) is 0.401. The van der Waals surface area contributed by atoms with Crippen LogP contribution in [-0.2, 0) is 3.79 Å². The number of benzene rings is 1. The third kappa shape index (κ3) is 4.95. The van der Waals surface area contributed by atoms with Crippen LogP contribution in [0.15, 0.2) is 30.3 Å². The summed E-state index contributed by atoms with van der Waals surface area (Å²) in [5.74, 6) is 5.38. The molecule has 0 aliphatic rings. The van der Waals surface area contributed by atoms with Crippen LogP contribution in [0.1, 0.15) is 0 Å². The minimum atomic E-state index is -0.856. The molecule has 1 aromatic rings. The summed E-state index contributed by atoms with van der Waals surface area (Å²) in [6.07, 6.45) is 0. The van der Waals surface area contributed by atoms with Crippen molar-refractivity contribution in [2.75, 3.05) is 13.2 Å². The molecule has 0 saturated carbocycles. The maximum absolute atomic E-state index is 5.51. The van der Waals surface area contributed by atoms with Gasteiger partial charge in [-0.1, -0.05) is 29.8 Å². The van der Waals surface area contributed by atoms with E-state index < -0.39 is 14.5 Å². The van der Waals surface area contributed by atoms with Crippen molar-refractivity contribution in [1.82, 2.24) is 0 Å². The number of para-hydroxylation sites is 1. The van der Waals surface area contributed by atoms with Crippen LogP contribution < -0.4 is 0 Å². The lowest BCUT2D eigenvalue weighted by molar-refractivity contribution is 0.0418. The van der Waals surface area contributed by atoms with Crippen molar-refractivity contribution in [2.45, 2.75) is 11.6 Å². The van der Waals surface area contributed by atoms with Crippen molar-refractivity contribution in [3.05, 3.63) is 30.3 Å². The van der Waals surface area contributed by atoms with Crippen LogP contribution in [0.2, 0.25) is 11.6 Å². The Morgan fingerprint density at radius 1 is 1.23 bits per heavy atom. The van der Waals surface area contributed by atoms with Crippen molar-refractivity contribution in [1.29, 1.82) is 0 Å². The Morgan fingerprint density at radius 3 is 2.54 bits per heavy atom. The molecule has 0 atom stereocenters. The summed E-state index contributed by atoms with van der Waals surface area (Å²) in [6, 6.07) is 10.0. The lowest BCUT2D eigenvalue weighted by Gasteiger charge is -2.05. The molecule has 0 fully saturated rings. The van der Waals surface area contributed by atoms with E-state index >= 15 is 0 Å². The first kappa shape index (κ1) is 10.6. The third-order valence-electron chi connectivity index (χ3n) is 1.59. The SMILES string of the molecule is [CH3][Al]([CH3])[O]CC[OH+]c1ccccc1. The van der Waals surface area contributed by atoms with E-state index in [-0.39, 0.29) is 0 Å². The zero-order valence-corrected chi connectivity index (χ0v) is 9.39. The number of ether oxygens (including phenoxy) is 1.